The molecule has 5 rings (SSSR count). The van der Waals surface area contributed by atoms with Crippen LogP contribution in [0.15, 0.2) is 59.4 Å². The lowest BCUT2D eigenvalue weighted by Crippen LogP contribution is -2.46. The predicted octanol–water partition coefficient (Wildman–Crippen LogP) is 2.39. The molecule has 7 heteroatoms. The van der Waals surface area contributed by atoms with Crippen molar-refractivity contribution in [2.24, 2.45) is 0 Å². The van der Waals surface area contributed by atoms with Crippen molar-refractivity contribution >= 4 is 22.4 Å². The molecule has 1 aliphatic heterocycles. The van der Waals surface area contributed by atoms with E-state index in [1.807, 2.05) is 35.6 Å². The minimum Gasteiger partial charge on any atom is -0.369 e. The van der Waals surface area contributed by atoms with Crippen molar-refractivity contribution in [3.05, 3.63) is 70.8 Å². The van der Waals surface area contributed by atoms with E-state index in [1.165, 1.54) is 5.69 Å². The van der Waals surface area contributed by atoms with Gasteiger partial charge in [0.1, 0.15) is 0 Å². The Balaban J connectivity index is 1.45. The molecule has 0 atom stereocenters. The predicted molar refractivity (Wildman–Crippen MR) is 114 cm³/mol. The van der Waals surface area contributed by atoms with E-state index in [2.05, 4.69) is 50.3 Å². The molecule has 0 saturated carbocycles. The van der Waals surface area contributed by atoms with Crippen LogP contribution in [-0.2, 0) is 13.1 Å². The summed E-state index contributed by atoms with van der Waals surface area (Å²) in [6.07, 6.45) is 0. The monoisotopic (exact) mass is 388 g/mol. The van der Waals surface area contributed by atoms with Crippen LogP contribution < -0.4 is 10.5 Å². The van der Waals surface area contributed by atoms with Crippen LogP contribution in [-0.4, -0.2) is 50.2 Å². The Labute approximate surface area is 168 Å². The van der Waals surface area contributed by atoms with Gasteiger partial charge in [-0.05, 0) is 31.2 Å². The average Bonchev–Trinajstić information content (AvgIpc) is 3.19. The number of rotatable bonds is 4. The fourth-order valence-corrected chi connectivity index (χ4v) is 4.20. The molecule has 1 aliphatic rings. The molecule has 148 valence electrons. The molecule has 3 heterocycles. The van der Waals surface area contributed by atoms with Crippen molar-refractivity contribution in [1.29, 1.82) is 0 Å². The number of hydrogen-bond acceptors (Lipinski definition) is 5. The zero-order valence-electron chi connectivity index (χ0n) is 16.5. The third-order valence-corrected chi connectivity index (χ3v) is 5.75. The van der Waals surface area contributed by atoms with Gasteiger partial charge in [0, 0.05) is 38.4 Å². The molecule has 1 saturated heterocycles. The lowest BCUT2D eigenvalue weighted by Gasteiger charge is -2.35. The second kappa shape index (κ2) is 7.33. The normalized spacial score (nSPS) is 15.4. The van der Waals surface area contributed by atoms with E-state index in [0.717, 1.165) is 44.1 Å². The van der Waals surface area contributed by atoms with Crippen molar-refractivity contribution in [3.8, 4) is 0 Å². The fraction of sp³-hybridized carbons (Fsp3) is 0.318. The van der Waals surface area contributed by atoms with Gasteiger partial charge in [-0.25, -0.2) is 0 Å². The molecule has 0 amide bonds. The zero-order valence-corrected chi connectivity index (χ0v) is 16.5. The number of fused-ring (bicyclic) bond motifs is 3. The number of nitrogens with zero attached hydrogens (tertiary/aromatic N) is 6. The largest absolute Gasteiger partial charge is 0.369 e. The smallest absolute Gasteiger partial charge is 0.262 e. The summed E-state index contributed by atoms with van der Waals surface area (Å²) in [6, 6.07) is 18.3. The maximum atomic E-state index is 12.8. The highest BCUT2D eigenvalue weighted by Crippen LogP contribution is 2.18. The van der Waals surface area contributed by atoms with Gasteiger partial charge in [0.2, 0.25) is 5.78 Å². The van der Waals surface area contributed by atoms with E-state index in [1.54, 1.807) is 4.57 Å². The summed E-state index contributed by atoms with van der Waals surface area (Å²) in [5.74, 6) is 1.50. The third-order valence-electron chi connectivity index (χ3n) is 5.75. The van der Waals surface area contributed by atoms with Crippen LogP contribution in [0.25, 0.3) is 16.7 Å². The Morgan fingerprint density at radius 3 is 2.38 bits per heavy atom. The number of piperazine rings is 1. The first-order valence-corrected chi connectivity index (χ1v) is 10.1. The van der Waals surface area contributed by atoms with Crippen LogP contribution in [0, 0.1) is 0 Å². The lowest BCUT2D eigenvalue weighted by molar-refractivity contribution is 0.243. The standard InChI is InChI=1S/C22H24N6O/c1-2-27-21(29)18-10-6-7-11-19(18)28-20(23-24-22(27)28)16-25-12-14-26(15-13-25)17-8-4-3-5-9-17/h3-11H,2,12-16H2,1H3. The Morgan fingerprint density at radius 1 is 0.897 bits per heavy atom. The molecule has 2 aromatic carbocycles. The minimum atomic E-state index is -0.00831. The van der Waals surface area contributed by atoms with Crippen molar-refractivity contribution < 1.29 is 0 Å². The van der Waals surface area contributed by atoms with E-state index in [0.29, 0.717) is 17.7 Å². The first-order chi connectivity index (χ1) is 14.3. The van der Waals surface area contributed by atoms with Crippen molar-refractivity contribution in [2.45, 2.75) is 20.0 Å². The summed E-state index contributed by atoms with van der Waals surface area (Å²) < 4.78 is 3.75. The molecule has 0 N–H and O–H groups in total. The van der Waals surface area contributed by atoms with Gasteiger partial charge < -0.3 is 4.90 Å². The molecule has 0 spiro atoms. The molecule has 0 unspecified atom stereocenters. The highest BCUT2D eigenvalue weighted by atomic mass is 16.1. The van der Waals surface area contributed by atoms with Crippen LogP contribution in [0.1, 0.15) is 12.7 Å². The van der Waals surface area contributed by atoms with Gasteiger partial charge in [0.15, 0.2) is 5.82 Å². The summed E-state index contributed by atoms with van der Waals surface area (Å²) in [4.78, 5) is 17.6. The van der Waals surface area contributed by atoms with Crippen LogP contribution in [0.4, 0.5) is 5.69 Å². The van der Waals surface area contributed by atoms with Crippen LogP contribution >= 0.6 is 0 Å². The molecule has 7 nitrogen and oxygen atoms in total. The number of aromatic nitrogens is 4. The number of hydrogen-bond donors (Lipinski definition) is 0. The Morgan fingerprint density at radius 2 is 1.62 bits per heavy atom. The van der Waals surface area contributed by atoms with E-state index in [4.69, 9.17) is 0 Å². The van der Waals surface area contributed by atoms with Crippen molar-refractivity contribution in [2.75, 3.05) is 31.1 Å². The van der Waals surface area contributed by atoms with Gasteiger partial charge in [-0.3, -0.25) is 18.7 Å². The van der Waals surface area contributed by atoms with Crippen LogP contribution in [0.3, 0.4) is 0 Å². The SMILES string of the molecule is CCn1c(=O)c2ccccc2n2c(CN3CCN(c4ccccc4)CC3)nnc12. The lowest BCUT2D eigenvalue weighted by atomic mass is 10.2. The molecule has 0 bridgehead atoms. The Hall–Kier alpha value is -3.19. The van der Waals surface area contributed by atoms with Crippen LogP contribution in [0.5, 0.6) is 0 Å². The van der Waals surface area contributed by atoms with E-state index < -0.39 is 0 Å². The van der Waals surface area contributed by atoms with E-state index in [-0.39, 0.29) is 5.56 Å². The van der Waals surface area contributed by atoms with E-state index in [9.17, 15) is 4.79 Å². The number of aryl methyl sites for hydroxylation is 1. The van der Waals surface area contributed by atoms with Crippen molar-refractivity contribution in [3.63, 3.8) is 0 Å². The zero-order chi connectivity index (χ0) is 19.8. The molecule has 0 aliphatic carbocycles. The number of benzene rings is 2. The number of para-hydroxylation sites is 2. The Bertz CT molecular complexity index is 1200. The third kappa shape index (κ3) is 3.07. The van der Waals surface area contributed by atoms with E-state index >= 15 is 0 Å². The second-order valence-corrected chi connectivity index (χ2v) is 7.42. The Kier molecular flexibility index (Phi) is 4.52. The van der Waals surface area contributed by atoms with Crippen molar-refractivity contribution in [1.82, 2.24) is 24.1 Å². The summed E-state index contributed by atoms with van der Waals surface area (Å²) in [5, 5.41) is 9.54. The molecule has 29 heavy (non-hydrogen) atoms. The van der Waals surface area contributed by atoms with Gasteiger partial charge in [-0.2, -0.15) is 0 Å². The molecule has 2 aromatic heterocycles. The maximum Gasteiger partial charge on any atom is 0.262 e. The first-order valence-electron chi connectivity index (χ1n) is 10.1. The van der Waals surface area contributed by atoms with Gasteiger partial charge in [-0.1, -0.05) is 30.3 Å². The van der Waals surface area contributed by atoms with Gasteiger partial charge in [0.05, 0.1) is 17.4 Å². The molecule has 0 radical (unpaired) electrons. The summed E-state index contributed by atoms with van der Waals surface area (Å²) in [5.41, 5.74) is 2.14. The summed E-state index contributed by atoms with van der Waals surface area (Å²) in [7, 11) is 0. The van der Waals surface area contributed by atoms with Gasteiger partial charge in [-0.15, -0.1) is 10.2 Å². The quantitative estimate of drug-likeness (QED) is 0.537. The highest BCUT2D eigenvalue weighted by Gasteiger charge is 2.21. The molecular formula is C22H24N6O. The highest BCUT2D eigenvalue weighted by molar-refractivity contribution is 5.80. The van der Waals surface area contributed by atoms with Gasteiger partial charge >= 0.3 is 0 Å². The fourth-order valence-electron chi connectivity index (χ4n) is 4.20. The first kappa shape index (κ1) is 17.9. The maximum absolute atomic E-state index is 12.8. The number of anilines is 1. The topological polar surface area (TPSA) is 58.7 Å². The summed E-state index contributed by atoms with van der Waals surface area (Å²) in [6.45, 7) is 7.16. The summed E-state index contributed by atoms with van der Waals surface area (Å²) >= 11 is 0. The minimum absolute atomic E-state index is 0.00831. The molecular weight excluding hydrogens is 364 g/mol. The van der Waals surface area contributed by atoms with Gasteiger partial charge in [0.25, 0.3) is 5.56 Å². The van der Waals surface area contributed by atoms with Crippen LogP contribution in [0.2, 0.25) is 0 Å². The molecule has 4 aromatic rings. The second-order valence-electron chi connectivity index (χ2n) is 7.42. The average molecular weight is 388 g/mol. The molecule has 1 fully saturated rings.